The second-order valence-corrected chi connectivity index (χ2v) is 5.73. The van der Waals surface area contributed by atoms with Crippen LogP contribution in [0.1, 0.15) is 12.0 Å². The predicted octanol–water partition coefficient (Wildman–Crippen LogP) is 3.67. The van der Waals surface area contributed by atoms with Crippen molar-refractivity contribution in [3.8, 4) is 0 Å². The van der Waals surface area contributed by atoms with Crippen molar-refractivity contribution in [1.29, 1.82) is 0 Å². The van der Waals surface area contributed by atoms with Crippen LogP contribution in [0.4, 0.5) is 5.69 Å². The highest BCUT2D eigenvalue weighted by molar-refractivity contribution is 9.10. The van der Waals surface area contributed by atoms with Gasteiger partial charge in [0.25, 0.3) is 0 Å². The summed E-state index contributed by atoms with van der Waals surface area (Å²) in [6.45, 7) is 2.15. The number of rotatable bonds is 2. The van der Waals surface area contributed by atoms with Gasteiger partial charge in [-0.15, -0.1) is 0 Å². The van der Waals surface area contributed by atoms with Crippen molar-refractivity contribution < 1.29 is 0 Å². The number of halogens is 1. The zero-order valence-electron chi connectivity index (χ0n) is 8.22. The van der Waals surface area contributed by atoms with Gasteiger partial charge in [-0.3, -0.25) is 0 Å². The van der Waals surface area contributed by atoms with Crippen LogP contribution in [0.3, 0.4) is 0 Å². The molecule has 1 fully saturated rings. The van der Waals surface area contributed by atoms with Crippen LogP contribution in [0.2, 0.25) is 0 Å². The number of thioether (sulfide) groups is 1. The maximum atomic E-state index is 3.60. The summed E-state index contributed by atoms with van der Waals surface area (Å²) in [4.78, 5) is 0. The SMILES string of the molecule is Cc1ccc(Br)cc1NC1CCSC1. The van der Waals surface area contributed by atoms with E-state index in [2.05, 4.69) is 46.4 Å². The Balaban J connectivity index is 2.10. The van der Waals surface area contributed by atoms with E-state index in [0.29, 0.717) is 6.04 Å². The van der Waals surface area contributed by atoms with E-state index in [1.165, 1.54) is 29.2 Å². The lowest BCUT2D eigenvalue weighted by Crippen LogP contribution is -2.18. The summed E-state index contributed by atoms with van der Waals surface area (Å²) in [5.41, 5.74) is 2.59. The molecule has 0 aliphatic carbocycles. The van der Waals surface area contributed by atoms with Gasteiger partial charge in [-0.1, -0.05) is 22.0 Å². The molecule has 3 heteroatoms. The van der Waals surface area contributed by atoms with Crippen molar-refractivity contribution in [2.45, 2.75) is 19.4 Å². The molecule has 0 amide bonds. The zero-order valence-corrected chi connectivity index (χ0v) is 10.6. The second-order valence-electron chi connectivity index (χ2n) is 3.66. The fourth-order valence-corrected chi connectivity index (χ4v) is 3.13. The average Bonchev–Trinajstić information content (AvgIpc) is 2.64. The first-order chi connectivity index (χ1) is 6.75. The highest BCUT2D eigenvalue weighted by atomic mass is 79.9. The van der Waals surface area contributed by atoms with Crippen molar-refractivity contribution >= 4 is 33.4 Å². The van der Waals surface area contributed by atoms with Crippen molar-refractivity contribution in [2.24, 2.45) is 0 Å². The van der Waals surface area contributed by atoms with E-state index >= 15 is 0 Å². The topological polar surface area (TPSA) is 12.0 Å². The first-order valence-corrected chi connectivity index (χ1v) is 6.81. The molecule has 1 nitrogen and oxygen atoms in total. The van der Waals surface area contributed by atoms with Gasteiger partial charge < -0.3 is 5.32 Å². The van der Waals surface area contributed by atoms with Gasteiger partial charge in [-0.25, -0.2) is 0 Å². The van der Waals surface area contributed by atoms with E-state index < -0.39 is 0 Å². The molecule has 1 atom stereocenters. The first-order valence-electron chi connectivity index (χ1n) is 4.86. The summed E-state index contributed by atoms with van der Waals surface area (Å²) in [6, 6.07) is 7.06. The molecule has 1 N–H and O–H groups in total. The molecule has 14 heavy (non-hydrogen) atoms. The fourth-order valence-electron chi connectivity index (χ4n) is 1.62. The highest BCUT2D eigenvalue weighted by Gasteiger charge is 2.15. The molecule has 1 aliphatic rings. The maximum Gasteiger partial charge on any atom is 0.0383 e. The van der Waals surface area contributed by atoms with Gasteiger partial charge in [-0.2, -0.15) is 11.8 Å². The molecule has 1 saturated heterocycles. The van der Waals surface area contributed by atoms with Gasteiger partial charge in [0.15, 0.2) is 0 Å². The number of aryl methyl sites for hydroxylation is 1. The summed E-state index contributed by atoms with van der Waals surface area (Å²) in [5, 5.41) is 3.60. The lowest BCUT2D eigenvalue weighted by Gasteiger charge is -2.15. The monoisotopic (exact) mass is 271 g/mol. The molecule has 76 valence electrons. The number of benzene rings is 1. The number of hydrogen-bond donors (Lipinski definition) is 1. The minimum atomic E-state index is 0.660. The van der Waals surface area contributed by atoms with Crippen molar-refractivity contribution in [3.63, 3.8) is 0 Å². The molecule has 2 rings (SSSR count). The van der Waals surface area contributed by atoms with Crippen LogP contribution in [0.5, 0.6) is 0 Å². The zero-order chi connectivity index (χ0) is 9.97. The van der Waals surface area contributed by atoms with E-state index in [-0.39, 0.29) is 0 Å². The van der Waals surface area contributed by atoms with Crippen molar-refractivity contribution in [3.05, 3.63) is 28.2 Å². The Morgan fingerprint density at radius 1 is 1.50 bits per heavy atom. The lowest BCUT2D eigenvalue weighted by atomic mass is 10.1. The number of hydrogen-bond acceptors (Lipinski definition) is 2. The van der Waals surface area contributed by atoms with Crippen molar-refractivity contribution in [2.75, 3.05) is 16.8 Å². The fraction of sp³-hybridized carbons (Fsp3) is 0.455. The van der Waals surface area contributed by atoms with Gasteiger partial charge in [0, 0.05) is 22.0 Å². The third kappa shape index (κ3) is 2.45. The average molecular weight is 272 g/mol. The van der Waals surface area contributed by atoms with Crippen LogP contribution < -0.4 is 5.32 Å². The van der Waals surface area contributed by atoms with E-state index in [1.807, 2.05) is 11.8 Å². The van der Waals surface area contributed by atoms with Crippen LogP contribution in [0, 0.1) is 6.92 Å². The Hall–Kier alpha value is -0.150. The second kappa shape index (κ2) is 4.58. The summed E-state index contributed by atoms with van der Waals surface area (Å²) in [6.07, 6.45) is 1.29. The van der Waals surface area contributed by atoms with Gasteiger partial charge >= 0.3 is 0 Å². The van der Waals surface area contributed by atoms with Crippen molar-refractivity contribution in [1.82, 2.24) is 0 Å². The van der Waals surface area contributed by atoms with E-state index in [9.17, 15) is 0 Å². The maximum absolute atomic E-state index is 3.60. The Labute approximate surface area is 97.8 Å². The molecule has 0 spiro atoms. The third-order valence-corrected chi connectivity index (χ3v) is 4.14. The minimum Gasteiger partial charge on any atom is -0.381 e. The van der Waals surface area contributed by atoms with Crippen LogP contribution in [0.15, 0.2) is 22.7 Å². The highest BCUT2D eigenvalue weighted by Crippen LogP contribution is 2.25. The Morgan fingerprint density at radius 3 is 3.07 bits per heavy atom. The molecular weight excluding hydrogens is 258 g/mol. The lowest BCUT2D eigenvalue weighted by molar-refractivity contribution is 0.811. The van der Waals surface area contributed by atoms with E-state index in [1.54, 1.807) is 0 Å². The first kappa shape index (κ1) is 10.4. The Bertz CT molecular complexity index is 321. The quantitative estimate of drug-likeness (QED) is 0.881. The van der Waals surface area contributed by atoms with Gasteiger partial charge in [0.2, 0.25) is 0 Å². The third-order valence-electron chi connectivity index (χ3n) is 2.49. The summed E-state index contributed by atoms with van der Waals surface area (Å²) in [5.74, 6) is 2.54. The summed E-state index contributed by atoms with van der Waals surface area (Å²) in [7, 11) is 0. The van der Waals surface area contributed by atoms with Gasteiger partial charge in [0.1, 0.15) is 0 Å². The van der Waals surface area contributed by atoms with Crippen LogP contribution in [-0.4, -0.2) is 17.5 Å². The summed E-state index contributed by atoms with van der Waals surface area (Å²) >= 11 is 5.54. The molecular formula is C11H14BrNS. The normalized spacial score (nSPS) is 21.1. The van der Waals surface area contributed by atoms with Crippen LogP contribution in [0.25, 0.3) is 0 Å². The molecule has 0 bridgehead atoms. The molecule has 0 aromatic heterocycles. The van der Waals surface area contributed by atoms with Gasteiger partial charge in [0.05, 0.1) is 0 Å². The molecule has 0 saturated carbocycles. The Morgan fingerprint density at radius 2 is 2.36 bits per heavy atom. The predicted molar refractivity (Wildman–Crippen MR) is 68.2 cm³/mol. The van der Waals surface area contributed by atoms with Crippen LogP contribution in [-0.2, 0) is 0 Å². The molecule has 1 aliphatic heterocycles. The standard InChI is InChI=1S/C11H14BrNS/c1-8-2-3-9(12)6-11(8)13-10-4-5-14-7-10/h2-3,6,10,13H,4-5,7H2,1H3. The number of anilines is 1. The molecule has 1 heterocycles. The molecule has 1 unspecified atom stereocenters. The molecule has 1 aromatic carbocycles. The smallest absolute Gasteiger partial charge is 0.0383 e. The molecule has 0 radical (unpaired) electrons. The number of nitrogens with one attached hydrogen (secondary N) is 1. The molecule has 1 aromatic rings. The largest absolute Gasteiger partial charge is 0.381 e. The van der Waals surface area contributed by atoms with Gasteiger partial charge in [-0.05, 0) is 36.8 Å². The van der Waals surface area contributed by atoms with E-state index in [4.69, 9.17) is 0 Å². The van der Waals surface area contributed by atoms with Crippen LogP contribution >= 0.6 is 27.7 Å². The minimum absolute atomic E-state index is 0.660. The Kier molecular flexibility index (Phi) is 3.39. The van der Waals surface area contributed by atoms with E-state index in [0.717, 1.165) is 4.47 Å². The summed E-state index contributed by atoms with van der Waals surface area (Å²) < 4.78 is 1.15.